The Morgan fingerprint density at radius 2 is 2.28 bits per heavy atom. The molecule has 1 saturated carbocycles. The molecular formula is C13H22N4O. The highest BCUT2D eigenvalue weighted by Crippen LogP contribution is 2.30. The second kappa shape index (κ2) is 5.52. The van der Waals surface area contributed by atoms with E-state index in [1.54, 1.807) is 10.9 Å². The van der Waals surface area contributed by atoms with Crippen molar-refractivity contribution in [2.75, 3.05) is 13.1 Å². The van der Waals surface area contributed by atoms with Crippen molar-refractivity contribution in [3.05, 3.63) is 17.5 Å². The van der Waals surface area contributed by atoms with Gasteiger partial charge in [0.05, 0.1) is 11.8 Å². The Morgan fingerprint density at radius 3 is 2.89 bits per heavy atom. The molecule has 1 amide bonds. The lowest BCUT2D eigenvalue weighted by Crippen LogP contribution is -2.33. The summed E-state index contributed by atoms with van der Waals surface area (Å²) in [6.07, 6.45) is 5.23. The maximum atomic E-state index is 12.0. The van der Waals surface area contributed by atoms with E-state index in [0.29, 0.717) is 17.4 Å². The largest absolute Gasteiger partial charge is 0.352 e. The predicted octanol–water partition coefficient (Wildman–Crippen LogP) is 0.833. The minimum absolute atomic E-state index is 0.0247. The fourth-order valence-electron chi connectivity index (χ4n) is 2.73. The van der Waals surface area contributed by atoms with E-state index in [1.165, 1.54) is 19.3 Å². The van der Waals surface area contributed by atoms with Gasteiger partial charge in [-0.15, -0.1) is 0 Å². The van der Waals surface area contributed by atoms with Gasteiger partial charge in [0.15, 0.2) is 0 Å². The molecule has 0 aromatic carbocycles. The van der Waals surface area contributed by atoms with Crippen molar-refractivity contribution in [2.45, 2.75) is 26.2 Å². The van der Waals surface area contributed by atoms with Crippen molar-refractivity contribution in [1.82, 2.24) is 15.1 Å². The summed E-state index contributed by atoms with van der Waals surface area (Å²) in [6, 6.07) is 0. The molecule has 0 bridgehead atoms. The maximum Gasteiger partial charge on any atom is 0.254 e. The van der Waals surface area contributed by atoms with E-state index in [0.717, 1.165) is 18.8 Å². The summed E-state index contributed by atoms with van der Waals surface area (Å²) in [5, 5.41) is 7.10. The Bertz CT molecular complexity index is 427. The number of nitrogens with zero attached hydrogens (tertiary/aromatic N) is 2. The molecule has 100 valence electrons. The molecule has 2 atom stereocenters. The molecule has 5 heteroatoms. The van der Waals surface area contributed by atoms with Gasteiger partial charge in [0.25, 0.3) is 5.91 Å². The predicted molar refractivity (Wildman–Crippen MR) is 70.2 cm³/mol. The number of hydrogen-bond donors (Lipinski definition) is 2. The highest BCUT2D eigenvalue weighted by molar-refractivity contribution is 5.95. The third-order valence-corrected chi connectivity index (χ3v) is 4.12. The SMILES string of the molecule is Cc1c(C(=O)NCC2CCCC2CN)cnn1C. The van der Waals surface area contributed by atoms with Crippen molar-refractivity contribution in [3.63, 3.8) is 0 Å². The fraction of sp³-hybridized carbons (Fsp3) is 0.692. The maximum absolute atomic E-state index is 12.0. The lowest BCUT2D eigenvalue weighted by molar-refractivity contribution is 0.0943. The molecule has 1 aromatic heterocycles. The fourth-order valence-corrected chi connectivity index (χ4v) is 2.73. The molecule has 1 heterocycles. The molecule has 2 unspecified atom stereocenters. The van der Waals surface area contributed by atoms with Crippen molar-refractivity contribution in [3.8, 4) is 0 Å². The number of carbonyl (C=O) groups is 1. The first-order valence-electron chi connectivity index (χ1n) is 6.60. The van der Waals surface area contributed by atoms with Crippen LogP contribution in [0, 0.1) is 18.8 Å². The van der Waals surface area contributed by atoms with Gasteiger partial charge in [0.2, 0.25) is 0 Å². The van der Waals surface area contributed by atoms with Gasteiger partial charge >= 0.3 is 0 Å². The normalized spacial score (nSPS) is 23.3. The van der Waals surface area contributed by atoms with Crippen LogP contribution in [0.5, 0.6) is 0 Å². The van der Waals surface area contributed by atoms with Crippen LogP contribution in [-0.2, 0) is 7.05 Å². The molecule has 0 radical (unpaired) electrons. The van der Waals surface area contributed by atoms with Gasteiger partial charge in [-0.3, -0.25) is 9.48 Å². The summed E-state index contributed by atoms with van der Waals surface area (Å²) < 4.78 is 1.72. The van der Waals surface area contributed by atoms with E-state index in [4.69, 9.17) is 5.73 Å². The number of amides is 1. The van der Waals surface area contributed by atoms with Crippen LogP contribution in [0.2, 0.25) is 0 Å². The van der Waals surface area contributed by atoms with E-state index in [-0.39, 0.29) is 5.91 Å². The number of rotatable bonds is 4. The van der Waals surface area contributed by atoms with E-state index in [9.17, 15) is 4.79 Å². The van der Waals surface area contributed by atoms with Crippen molar-refractivity contribution >= 4 is 5.91 Å². The van der Waals surface area contributed by atoms with Gasteiger partial charge in [-0.05, 0) is 38.1 Å². The molecule has 2 rings (SSSR count). The van der Waals surface area contributed by atoms with Crippen LogP contribution in [0.15, 0.2) is 6.20 Å². The third-order valence-electron chi connectivity index (χ3n) is 4.12. The van der Waals surface area contributed by atoms with Gasteiger partial charge in [0.1, 0.15) is 0 Å². The van der Waals surface area contributed by atoms with Gasteiger partial charge in [-0.1, -0.05) is 6.42 Å². The smallest absolute Gasteiger partial charge is 0.254 e. The first-order chi connectivity index (χ1) is 8.63. The second-order valence-corrected chi connectivity index (χ2v) is 5.16. The summed E-state index contributed by atoms with van der Waals surface area (Å²) in [5.41, 5.74) is 7.31. The zero-order valence-corrected chi connectivity index (χ0v) is 11.1. The molecule has 0 saturated heterocycles. The van der Waals surface area contributed by atoms with Crippen LogP contribution in [0.3, 0.4) is 0 Å². The monoisotopic (exact) mass is 250 g/mol. The average molecular weight is 250 g/mol. The van der Waals surface area contributed by atoms with Crippen LogP contribution in [0.1, 0.15) is 35.3 Å². The molecular weight excluding hydrogens is 228 g/mol. The summed E-state index contributed by atoms with van der Waals surface area (Å²) in [7, 11) is 1.84. The molecule has 1 aliphatic rings. The van der Waals surface area contributed by atoms with Crippen LogP contribution in [0.4, 0.5) is 0 Å². The molecule has 18 heavy (non-hydrogen) atoms. The van der Waals surface area contributed by atoms with E-state index >= 15 is 0 Å². The lowest BCUT2D eigenvalue weighted by Gasteiger charge is -2.18. The molecule has 1 aliphatic carbocycles. The number of nitrogens with one attached hydrogen (secondary N) is 1. The highest BCUT2D eigenvalue weighted by atomic mass is 16.1. The van der Waals surface area contributed by atoms with Crippen LogP contribution >= 0.6 is 0 Å². The number of carbonyl (C=O) groups excluding carboxylic acids is 1. The summed E-state index contributed by atoms with van der Waals surface area (Å²) in [6.45, 7) is 3.36. The zero-order valence-electron chi connectivity index (χ0n) is 11.1. The van der Waals surface area contributed by atoms with E-state index < -0.39 is 0 Å². The van der Waals surface area contributed by atoms with Crippen LogP contribution in [-0.4, -0.2) is 28.8 Å². The molecule has 0 spiro atoms. The van der Waals surface area contributed by atoms with Crippen molar-refractivity contribution in [2.24, 2.45) is 24.6 Å². The quantitative estimate of drug-likeness (QED) is 0.831. The highest BCUT2D eigenvalue weighted by Gasteiger charge is 2.26. The zero-order chi connectivity index (χ0) is 13.1. The molecule has 1 aromatic rings. The summed E-state index contributed by atoms with van der Waals surface area (Å²) >= 11 is 0. The molecule has 0 aliphatic heterocycles. The van der Waals surface area contributed by atoms with Crippen LogP contribution in [0.25, 0.3) is 0 Å². The van der Waals surface area contributed by atoms with E-state index in [2.05, 4.69) is 10.4 Å². The minimum atomic E-state index is -0.0247. The Kier molecular flexibility index (Phi) is 4.01. The first-order valence-corrected chi connectivity index (χ1v) is 6.60. The molecule has 1 fully saturated rings. The topological polar surface area (TPSA) is 72.9 Å². The molecule has 3 N–H and O–H groups in total. The third kappa shape index (κ3) is 2.56. The van der Waals surface area contributed by atoms with Crippen molar-refractivity contribution in [1.29, 1.82) is 0 Å². The Morgan fingerprint density at radius 1 is 1.56 bits per heavy atom. The average Bonchev–Trinajstić information content (AvgIpc) is 2.94. The summed E-state index contributed by atoms with van der Waals surface area (Å²) in [4.78, 5) is 12.0. The number of aromatic nitrogens is 2. The Labute approximate surface area is 108 Å². The van der Waals surface area contributed by atoms with E-state index in [1.807, 2.05) is 14.0 Å². The van der Waals surface area contributed by atoms with Gasteiger partial charge < -0.3 is 11.1 Å². The van der Waals surface area contributed by atoms with Crippen molar-refractivity contribution < 1.29 is 4.79 Å². The van der Waals surface area contributed by atoms with Crippen LogP contribution < -0.4 is 11.1 Å². The number of aryl methyl sites for hydroxylation is 1. The Hall–Kier alpha value is -1.36. The standard InChI is InChI=1S/C13H22N4O/c1-9-12(8-16-17(9)2)13(18)15-7-11-5-3-4-10(11)6-14/h8,10-11H,3-7,14H2,1-2H3,(H,15,18). The Balaban J connectivity index is 1.90. The second-order valence-electron chi connectivity index (χ2n) is 5.16. The molecule has 5 nitrogen and oxygen atoms in total. The minimum Gasteiger partial charge on any atom is -0.352 e. The first kappa shape index (κ1) is 13.1. The summed E-state index contributed by atoms with van der Waals surface area (Å²) in [5.74, 6) is 1.08. The van der Waals surface area contributed by atoms with Gasteiger partial charge in [-0.25, -0.2) is 0 Å². The van der Waals surface area contributed by atoms with Gasteiger partial charge in [-0.2, -0.15) is 5.10 Å². The van der Waals surface area contributed by atoms with Gasteiger partial charge in [0, 0.05) is 19.3 Å². The number of nitrogens with two attached hydrogens (primary N) is 1. The lowest BCUT2D eigenvalue weighted by atomic mass is 9.96. The number of hydrogen-bond acceptors (Lipinski definition) is 3.